The maximum Gasteiger partial charge on any atom is 0.110 e. The highest BCUT2D eigenvalue weighted by atomic mass is 28.3. The summed E-state index contributed by atoms with van der Waals surface area (Å²) < 4.78 is 5.43. The lowest BCUT2D eigenvalue weighted by atomic mass is 10.0. The average Bonchev–Trinajstić information content (AvgIpc) is 3.07. The van der Waals surface area contributed by atoms with Crippen molar-refractivity contribution in [2.24, 2.45) is 0 Å². The molecule has 20 heavy (non-hydrogen) atoms. The van der Waals surface area contributed by atoms with Crippen LogP contribution in [-0.4, -0.2) is 20.3 Å². The van der Waals surface area contributed by atoms with Gasteiger partial charge in [-0.2, -0.15) is 0 Å². The summed E-state index contributed by atoms with van der Waals surface area (Å²) in [5.41, 5.74) is 3.10. The molecule has 0 amide bonds. The van der Waals surface area contributed by atoms with E-state index in [1.165, 1.54) is 24.5 Å². The van der Waals surface area contributed by atoms with E-state index in [1.807, 2.05) is 6.08 Å². The smallest absolute Gasteiger partial charge is 0.110 e. The fourth-order valence-electron chi connectivity index (χ4n) is 2.58. The van der Waals surface area contributed by atoms with E-state index in [0.29, 0.717) is 0 Å². The number of epoxide rings is 1. The van der Waals surface area contributed by atoms with Gasteiger partial charge in [0.25, 0.3) is 0 Å². The maximum absolute atomic E-state index is 5.43. The fourth-order valence-corrected chi connectivity index (χ4v) is 4.39. The number of ether oxygens (including phenoxy) is 1. The molecule has 0 N–H and O–H groups in total. The second-order valence-corrected chi connectivity index (χ2v) is 12.9. The predicted octanol–water partition coefficient (Wildman–Crippen LogP) is 5.73. The molecule has 0 aliphatic carbocycles. The van der Waals surface area contributed by atoms with Gasteiger partial charge in [-0.05, 0) is 45.6 Å². The Bertz CT molecular complexity index is 381. The Morgan fingerprint density at radius 3 is 2.25 bits per heavy atom. The molecule has 114 valence electrons. The van der Waals surface area contributed by atoms with Crippen molar-refractivity contribution >= 4 is 8.07 Å². The first-order chi connectivity index (χ1) is 9.26. The van der Waals surface area contributed by atoms with Crippen LogP contribution in [-0.2, 0) is 4.74 Å². The SMILES string of the molecule is C=CC1(CC/C=C(\C)CCC=C(C)C[Si](C)(C)C)CO1. The summed E-state index contributed by atoms with van der Waals surface area (Å²) in [5.74, 6) is 0. The van der Waals surface area contributed by atoms with E-state index in [9.17, 15) is 0 Å². The summed E-state index contributed by atoms with van der Waals surface area (Å²) >= 11 is 0. The molecule has 0 aromatic carbocycles. The van der Waals surface area contributed by atoms with E-state index in [2.05, 4.69) is 52.2 Å². The molecule has 0 aromatic heterocycles. The molecule has 1 heterocycles. The zero-order valence-corrected chi connectivity index (χ0v) is 15.1. The Labute approximate surface area is 126 Å². The second kappa shape index (κ2) is 7.42. The lowest BCUT2D eigenvalue weighted by Gasteiger charge is -2.15. The fraction of sp³-hybridized carbons (Fsp3) is 0.667. The van der Waals surface area contributed by atoms with Gasteiger partial charge in [0, 0.05) is 8.07 Å². The quantitative estimate of drug-likeness (QED) is 0.300. The molecule has 1 aliphatic heterocycles. The van der Waals surface area contributed by atoms with Crippen LogP contribution < -0.4 is 0 Å². The van der Waals surface area contributed by atoms with Crippen LogP contribution in [0.2, 0.25) is 25.7 Å². The van der Waals surface area contributed by atoms with Gasteiger partial charge in [0.1, 0.15) is 5.60 Å². The number of rotatable bonds is 9. The highest BCUT2D eigenvalue weighted by molar-refractivity contribution is 6.76. The van der Waals surface area contributed by atoms with Gasteiger partial charge in [-0.3, -0.25) is 0 Å². The van der Waals surface area contributed by atoms with E-state index < -0.39 is 8.07 Å². The van der Waals surface area contributed by atoms with E-state index in [1.54, 1.807) is 5.57 Å². The van der Waals surface area contributed by atoms with Crippen LogP contribution in [0.25, 0.3) is 0 Å². The van der Waals surface area contributed by atoms with E-state index in [0.717, 1.165) is 19.4 Å². The van der Waals surface area contributed by atoms with Crippen molar-refractivity contribution in [3.63, 3.8) is 0 Å². The minimum atomic E-state index is -0.943. The molecule has 0 bridgehead atoms. The van der Waals surface area contributed by atoms with E-state index in [4.69, 9.17) is 4.74 Å². The molecule has 1 nitrogen and oxygen atoms in total. The summed E-state index contributed by atoms with van der Waals surface area (Å²) in [4.78, 5) is 0. The Morgan fingerprint density at radius 1 is 1.15 bits per heavy atom. The minimum Gasteiger partial charge on any atom is -0.365 e. The number of allylic oxidation sites excluding steroid dienone is 4. The third-order valence-electron chi connectivity index (χ3n) is 3.79. The van der Waals surface area contributed by atoms with Gasteiger partial charge in [-0.25, -0.2) is 0 Å². The van der Waals surface area contributed by atoms with Crippen LogP contribution in [0.1, 0.15) is 39.5 Å². The zero-order chi connectivity index (χ0) is 15.2. The molecule has 0 aromatic rings. The Hall–Kier alpha value is -0.603. The van der Waals surface area contributed by atoms with Crippen LogP contribution in [0.3, 0.4) is 0 Å². The summed E-state index contributed by atoms with van der Waals surface area (Å²) in [5, 5.41) is 0. The topological polar surface area (TPSA) is 12.5 Å². The van der Waals surface area contributed by atoms with Crippen molar-refractivity contribution < 1.29 is 4.74 Å². The van der Waals surface area contributed by atoms with Crippen molar-refractivity contribution in [1.29, 1.82) is 0 Å². The van der Waals surface area contributed by atoms with Crippen LogP contribution in [0.5, 0.6) is 0 Å². The van der Waals surface area contributed by atoms with Crippen molar-refractivity contribution in [3.8, 4) is 0 Å². The van der Waals surface area contributed by atoms with Crippen molar-refractivity contribution in [1.82, 2.24) is 0 Å². The third-order valence-corrected chi connectivity index (χ3v) is 5.41. The monoisotopic (exact) mass is 292 g/mol. The highest BCUT2D eigenvalue weighted by Crippen LogP contribution is 2.33. The van der Waals surface area contributed by atoms with Gasteiger partial charge in [-0.15, -0.1) is 6.58 Å². The number of hydrogen-bond donors (Lipinski definition) is 0. The van der Waals surface area contributed by atoms with Gasteiger partial charge >= 0.3 is 0 Å². The molecule has 1 atom stereocenters. The first-order valence-corrected chi connectivity index (χ1v) is 11.6. The van der Waals surface area contributed by atoms with Gasteiger partial charge in [-0.1, -0.05) is 49.0 Å². The summed E-state index contributed by atoms with van der Waals surface area (Å²) in [6.45, 7) is 16.5. The molecule has 0 saturated carbocycles. The van der Waals surface area contributed by atoms with Gasteiger partial charge in [0.2, 0.25) is 0 Å². The zero-order valence-electron chi connectivity index (χ0n) is 14.1. The molecule has 1 saturated heterocycles. The van der Waals surface area contributed by atoms with Gasteiger partial charge in [0.05, 0.1) is 6.61 Å². The molecular formula is C18H32OSi. The molecule has 1 rings (SSSR count). The van der Waals surface area contributed by atoms with E-state index >= 15 is 0 Å². The van der Waals surface area contributed by atoms with E-state index in [-0.39, 0.29) is 5.60 Å². The van der Waals surface area contributed by atoms with Gasteiger partial charge in [0.15, 0.2) is 0 Å². The Kier molecular flexibility index (Phi) is 6.47. The lowest BCUT2D eigenvalue weighted by Crippen LogP contribution is -2.19. The second-order valence-electron chi connectivity index (χ2n) is 7.47. The van der Waals surface area contributed by atoms with Crippen LogP contribution >= 0.6 is 0 Å². The third kappa shape index (κ3) is 7.25. The maximum atomic E-state index is 5.43. The van der Waals surface area contributed by atoms with Crippen LogP contribution in [0, 0.1) is 0 Å². The first kappa shape index (κ1) is 17.4. The lowest BCUT2D eigenvalue weighted by molar-refractivity contribution is 0.338. The summed E-state index contributed by atoms with van der Waals surface area (Å²) in [6.07, 6.45) is 11.3. The van der Waals surface area contributed by atoms with Crippen LogP contribution in [0.15, 0.2) is 36.0 Å². The largest absolute Gasteiger partial charge is 0.365 e. The highest BCUT2D eigenvalue weighted by Gasteiger charge is 2.40. The predicted molar refractivity (Wildman–Crippen MR) is 93.0 cm³/mol. The Balaban J connectivity index is 2.23. The van der Waals surface area contributed by atoms with Crippen LogP contribution in [0.4, 0.5) is 0 Å². The molecule has 1 fully saturated rings. The van der Waals surface area contributed by atoms with Crippen molar-refractivity contribution in [2.45, 2.75) is 70.8 Å². The molecule has 2 heteroatoms. The normalized spacial score (nSPS) is 23.9. The molecule has 1 unspecified atom stereocenters. The first-order valence-electron chi connectivity index (χ1n) is 7.85. The Morgan fingerprint density at radius 2 is 1.75 bits per heavy atom. The minimum absolute atomic E-state index is 0.0185. The standard InChI is InChI=1S/C18H32OSi/c1-7-18(15-19-18)13-9-12-16(2)10-8-11-17(3)14-20(4,5)6/h7,11-12H,1,8-10,13-15H2,2-6H3/b16-12+,17-11?. The molecule has 0 spiro atoms. The van der Waals surface area contributed by atoms with Crippen molar-refractivity contribution in [2.75, 3.05) is 6.61 Å². The van der Waals surface area contributed by atoms with Gasteiger partial charge < -0.3 is 4.74 Å². The summed E-state index contributed by atoms with van der Waals surface area (Å²) in [6, 6.07) is 1.33. The number of hydrogen-bond acceptors (Lipinski definition) is 1. The van der Waals surface area contributed by atoms with Crippen molar-refractivity contribution in [3.05, 3.63) is 36.0 Å². The average molecular weight is 293 g/mol. The molecule has 0 radical (unpaired) electrons. The summed E-state index contributed by atoms with van der Waals surface area (Å²) in [7, 11) is -0.943. The molecular weight excluding hydrogens is 260 g/mol. The molecule has 1 aliphatic rings.